The highest BCUT2D eigenvalue weighted by Crippen LogP contribution is 2.26. The largest absolute Gasteiger partial charge is 0.328 e. The van der Waals surface area contributed by atoms with Crippen LogP contribution in [0.25, 0.3) is 0 Å². The van der Waals surface area contributed by atoms with Gasteiger partial charge in [-0.25, -0.2) is 9.36 Å². The van der Waals surface area contributed by atoms with E-state index in [2.05, 4.69) is 20.7 Å². The summed E-state index contributed by atoms with van der Waals surface area (Å²) in [6, 6.07) is 0.571. The van der Waals surface area contributed by atoms with Gasteiger partial charge in [-0.2, -0.15) is 5.10 Å². The molecule has 132 valence electrons. The molecular weight excluding hydrogens is 330 g/mol. The Morgan fingerprint density at radius 1 is 1.38 bits per heavy atom. The van der Waals surface area contributed by atoms with Crippen LogP contribution in [-0.2, 0) is 6.54 Å². The van der Waals surface area contributed by atoms with Gasteiger partial charge in [0.1, 0.15) is 5.82 Å². The first kappa shape index (κ1) is 18.4. The van der Waals surface area contributed by atoms with Crippen molar-refractivity contribution in [1.82, 2.24) is 24.8 Å². The Morgan fingerprint density at radius 3 is 2.75 bits per heavy atom. The third-order valence-electron chi connectivity index (χ3n) is 4.41. The fourth-order valence-electron chi connectivity index (χ4n) is 2.98. The number of carbonyl (C=O) groups excluding carboxylic acids is 1. The van der Waals surface area contributed by atoms with Crippen molar-refractivity contribution in [2.45, 2.75) is 58.2 Å². The second kappa shape index (κ2) is 7.76. The van der Waals surface area contributed by atoms with Crippen LogP contribution < -0.4 is 11.1 Å². The SMILES string of the molecule is CCn1ncc(C)c1NC(=O)c1cn(C2CCC(N)CC2)nn1.Cl. The molecule has 0 atom stereocenters. The van der Waals surface area contributed by atoms with Crippen molar-refractivity contribution in [3.05, 3.63) is 23.7 Å². The highest BCUT2D eigenvalue weighted by molar-refractivity contribution is 6.02. The first-order valence-corrected chi connectivity index (χ1v) is 8.09. The first-order valence-electron chi connectivity index (χ1n) is 8.09. The lowest BCUT2D eigenvalue weighted by Crippen LogP contribution is -2.28. The molecule has 1 saturated carbocycles. The van der Waals surface area contributed by atoms with Gasteiger partial charge in [-0.3, -0.25) is 4.79 Å². The summed E-state index contributed by atoms with van der Waals surface area (Å²) in [6.45, 7) is 4.58. The van der Waals surface area contributed by atoms with Crippen molar-refractivity contribution in [2.75, 3.05) is 5.32 Å². The van der Waals surface area contributed by atoms with E-state index < -0.39 is 0 Å². The van der Waals surface area contributed by atoms with Gasteiger partial charge in [-0.1, -0.05) is 5.21 Å². The maximum Gasteiger partial charge on any atom is 0.278 e. The lowest BCUT2D eigenvalue weighted by Gasteiger charge is -2.25. The van der Waals surface area contributed by atoms with Gasteiger partial charge in [-0.05, 0) is 39.5 Å². The number of hydrogen-bond donors (Lipinski definition) is 2. The highest BCUT2D eigenvalue weighted by atomic mass is 35.5. The maximum absolute atomic E-state index is 12.4. The number of carbonyl (C=O) groups is 1. The van der Waals surface area contributed by atoms with Crippen molar-refractivity contribution >= 4 is 24.1 Å². The van der Waals surface area contributed by atoms with Gasteiger partial charge in [0.05, 0.1) is 18.4 Å². The topological polar surface area (TPSA) is 104 Å². The molecule has 2 heterocycles. The lowest BCUT2D eigenvalue weighted by molar-refractivity contribution is 0.102. The molecule has 1 amide bonds. The number of rotatable bonds is 4. The average molecular weight is 354 g/mol. The second-order valence-electron chi connectivity index (χ2n) is 6.10. The summed E-state index contributed by atoms with van der Waals surface area (Å²) in [7, 11) is 0. The van der Waals surface area contributed by atoms with Gasteiger partial charge >= 0.3 is 0 Å². The Bertz CT molecular complexity index is 688. The zero-order chi connectivity index (χ0) is 16.4. The van der Waals surface area contributed by atoms with Crippen LogP contribution in [0.1, 0.15) is 54.7 Å². The van der Waals surface area contributed by atoms with Crippen LogP contribution in [0.5, 0.6) is 0 Å². The summed E-state index contributed by atoms with van der Waals surface area (Å²) in [5, 5.41) is 15.2. The standard InChI is InChI=1S/C15H23N7O.ClH/c1-3-21-14(10(2)8-17-21)18-15(23)13-9-22(20-19-13)12-6-4-11(16)5-7-12;/h8-9,11-12H,3-7,16H2,1-2H3,(H,18,23);1H. The predicted molar refractivity (Wildman–Crippen MR) is 93.3 cm³/mol. The van der Waals surface area contributed by atoms with Crippen LogP contribution in [0.2, 0.25) is 0 Å². The molecule has 0 bridgehead atoms. The van der Waals surface area contributed by atoms with Crippen molar-refractivity contribution in [3.63, 3.8) is 0 Å². The smallest absolute Gasteiger partial charge is 0.278 e. The summed E-state index contributed by atoms with van der Waals surface area (Å²) in [5.74, 6) is 0.442. The third-order valence-corrected chi connectivity index (χ3v) is 4.41. The van der Waals surface area contributed by atoms with Crippen molar-refractivity contribution in [1.29, 1.82) is 0 Å². The Balaban J connectivity index is 0.00000208. The number of nitrogens with zero attached hydrogens (tertiary/aromatic N) is 5. The molecule has 24 heavy (non-hydrogen) atoms. The molecule has 0 aliphatic heterocycles. The molecule has 3 N–H and O–H groups in total. The molecule has 1 aliphatic carbocycles. The Kier molecular flexibility index (Phi) is 5.95. The van der Waals surface area contributed by atoms with Crippen molar-refractivity contribution in [2.24, 2.45) is 5.73 Å². The van der Waals surface area contributed by atoms with Crippen LogP contribution in [0.4, 0.5) is 5.82 Å². The minimum atomic E-state index is -0.262. The molecular formula is C15H24ClN7O. The second-order valence-corrected chi connectivity index (χ2v) is 6.10. The molecule has 0 spiro atoms. The van der Waals surface area contributed by atoms with Crippen LogP contribution in [-0.4, -0.2) is 36.7 Å². The summed E-state index contributed by atoms with van der Waals surface area (Å²) >= 11 is 0. The summed E-state index contributed by atoms with van der Waals surface area (Å²) in [5.41, 5.74) is 7.18. The molecule has 0 saturated heterocycles. The fourth-order valence-corrected chi connectivity index (χ4v) is 2.98. The predicted octanol–water partition coefficient (Wildman–Crippen LogP) is 1.92. The van der Waals surface area contributed by atoms with E-state index in [1.165, 1.54) is 0 Å². The molecule has 2 aromatic heterocycles. The Labute approximate surface area is 147 Å². The zero-order valence-electron chi connectivity index (χ0n) is 14.0. The third kappa shape index (κ3) is 3.76. The van der Waals surface area contributed by atoms with E-state index in [0.29, 0.717) is 18.1 Å². The minimum Gasteiger partial charge on any atom is -0.328 e. The number of aromatic nitrogens is 5. The van der Waals surface area contributed by atoms with Gasteiger partial charge < -0.3 is 11.1 Å². The van der Waals surface area contributed by atoms with Crippen molar-refractivity contribution in [3.8, 4) is 0 Å². The Morgan fingerprint density at radius 2 is 2.08 bits per heavy atom. The van der Waals surface area contributed by atoms with Crippen LogP contribution in [0, 0.1) is 6.92 Å². The van der Waals surface area contributed by atoms with E-state index in [1.54, 1.807) is 21.8 Å². The monoisotopic (exact) mass is 353 g/mol. The number of hydrogen-bond acceptors (Lipinski definition) is 5. The van der Waals surface area contributed by atoms with Gasteiger partial charge in [0, 0.05) is 18.2 Å². The zero-order valence-corrected chi connectivity index (χ0v) is 14.8. The van der Waals surface area contributed by atoms with E-state index in [0.717, 1.165) is 31.2 Å². The van der Waals surface area contributed by atoms with E-state index >= 15 is 0 Å². The molecule has 0 unspecified atom stereocenters. The summed E-state index contributed by atoms with van der Waals surface area (Å²) in [6.07, 6.45) is 7.39. The Hall–Kier alpha value is -1.93. The van der Waals surface area contributed by atoms with E-state index in [4.69, 9.17) is 5.73 Å². The van der Waals surface area contributed by atoms with E-state index in [9.17, 15) is 4.79 Å². The van der Waals surface area contributed by atoms with Gasteiger partial charge in [0.15, 0.2) is 5.69 Å². The number of anilines is 1. The van der Waals surface area contributed by atoms with Crippen LogP contribution in [0.3, 0.4) is 0 Å². The van der Waals surface area contributed by atoms with E-state index in [-0.39, 0.29) is 30.4 Å². The van der Waals surface area contributed by atoms with Crippen molar-refractivity contribution < 1.29 is 4.79 Å². The van der Waals surface area contributed by atoms with Gasteiger partial charge in [-0.15, -0.1) is 17.5 Å². The van der Waals surface area contributed by atoms with Gasteiger partial charge in [0.2, 0.25) is 0 Å². The number of amides is 1. The fraction of sp³-hybridized carbons (Fsp3) is 0.600. The highest BCUT2D eigenvalue weighted by Gasteiger charge is 2.22. The van der Waals surface area contributed by atoms with E-state index in [1.807, 2.05) is 13.8 Å². The number of halogens is 1. The molecule has 0 aromatic carbocycles. The number of aryl methyl sites for hydroxylation is 2. The summed E-state index contributed by atoms with van der Waals surface area (Å²) in [4.78, 5) is 12.4. The molecule has 9 heteroatoms. The average Bonchev–Trinajstić information content (AvgIpc) is 3.16. The first-order chi connectivity index (χ1) is 11.1. The molecule has 2 aromatic rings. The summed E-state index contributed by atoms with van der Waals surface area (Å²) < 4.78 is 3.55. The molecule has 1 fully saturated rings. The van der Waals surface area contributed by atoms with Gasteiger partial charge in [0.25, 0.3) is 5.91 Å². The molecule has 1 aliphatic rings. The normalized spacial score (nSPS) is 20.5. The van der Waals surface area contributed by atoms with Crippen LogP contribution in [0.15, 0.2) is 12.4 Å². The molecule has 8 nitrogen and oxygen atoms in total. The lowest BCUT2D eigenvalue weighted by atomic mass is 9.92. The number of nitrogens with two attached hydrogens (primary N) is 1. The maximum atomic E-state index is 12.4. The minimum absolute atomic E-state index is 0. The quantitative estimate of drug-likeness (QED) is 0.873. The molecule has 3 rings (SSSR count). The van der Waals surface area contributed by atoms with Crippen LogP contribution >= 0.6 is 12.4 Å². The number of nitrogens with one attached hydrogen (secondary N) is 1. The molecule has 0 radical (unpaired) electrons.